The molecule has 2 aromatic carbocycles. The lowest BCUT2D eigenvalue weighted by atomic mass is 9.90. The third-order valence-electron chi connectivity index (χ3n) is 5.68. The summed E-state index contributed by atoms with van der Waals surface area (Å²) in [5.41, 5.74) is 4.88. The predicted molar refractivity (Wildman–Crippen MR) is 117 cm³/mol. The number of allylic oxidation sites excluding steroid dienone is 1. The first-order valence-corrected chi connectivity index (χ1v) is 11.5. The first-order chi connectivity index (χ1) is 13.7. The van der Waals surface area contributed by atoms with Crippen LogP contribution in [0.2, 0.25) is 0 Å². The zero-order valence-corrected chi connectivity index (χ0v) is 18.3. The van der Waals surface area contributed by atoms with Crippen molar-refractivity contribution in [2.75, 3.05) is 13.1 Å². The largest absolute Gasteiger partial charge is 0.299 e. The number of aryl methyl sites for hydroxylation is 2. The van der Waals surface area contributed by atoms with Crippen molar-refractivity contribution in [3.05, 3.63) is 71.3 Å². The maximum Gasteiger partial charge on any atom is 0.243 e. The minimum absolute atomic E-state index is 0.0821. The summed E-state index contributed by atoms with van der Waals surface area (Å²) in [4.78, 5) is 13.1. The van der Waals surface area contributed by atoms with E-state index in [1.807, 2.05) is 57.2 Å². The molecular formula is C24H29NO3S. The molecule has 3 rings (SSSR count). The number of ketones is 1. The average Bonchev–Trinajstić information content (AvgIpc) is 2.68. The number of carbonyl (C=O) groups is 1. The zero-order chi connectivity index (χ0) is 21.2. The van der Waals surface area contributed by atoms with Gasteiger partial charge in [-0.05, 0) is 56.4 Å². The summed E-state index contributed by atoms with van der Waals surface area (Å²) in [7, 11) is -3.52. The van der Waals surface area contributed by atoms with Crippen LogP contribution in [0, 0.1) is 19.8 Å². The summed E-state index contributed by atoms with van der Waals surface area (Å²) in [6.45, 7) is 10.4. The van der Waals surface area contributed by atoms with Crippen molar-refractivity contribution in [3.63, 3.8) is 0 Å². The summed E-state index contributed by atoms with van der Waals surface area (Å²) < 4.78 is 27.5. The van der Waals surface area contributed by atoms with E-state index in [1.165, 1.54) is 4.31 Å². The van der Waals surface area contributed by atoms with Gasteiger partial charge in [0.15, 0.2) is 0 Å². The van der Waals surface area contributed by atoms with Gasteiger partial charge in [-0.15, -0.1) is 0 Å². The molecule has 0 aliphatic carbocycles. The van der Waals surface area contributed by atoms with Crippen molar-refractivity contribution in [1.29, 1.82) is 0 Å². The number of piperidine rings is 1. The molecule has 154 valence electrons. The Morgan fingerprint density at radius 3 is 2.24 bits per heavy atom. The number of benzene rings is 2. The first kappa shape index (κ1) is 21.5. The Labute approximate surface area is 174 Å². The van der Waals surface area contributed by atoms with Crippen LogP contribution in [0.1, 0.15) is 42.0 Å². The highest BCUT2D eigenvalue weighted by Gasteiger charge is 2.32. The molecule has 29 heavy (non-hydrogen) atoms. The molecule has 5 heteroatoms. The SMILES string of the molecule is C=C(C)c1ccc(CC(=O)C2CCN(S(=O)(=O)c3ccc(C)cc3C)CC2)cc1. The topological polar surface area (TPSA) is 54.5 Å². The van der Waals surface area contributed by atoms with Gasteiger partial charge in [0, 0.05) is 25.4 Å². The van der Waals surface area contributed by atoms with E-state index in [0.717, 1.165) is 27.8 Å². The third kappa shape index (κ3) is 4.85. The molecule has 0 unspecified atom stereocenters. The minimum Gasteiger partial charge on any atom is -0.299 e. The smallest absolute Gasteiger partial charge is 0.243 e. The molecule has 1 saturated heterocycles. The Balaban J connectivity index is 1.62. The fourth-order valence-electron chi connectivity index (χ4n) is 3.90. The summed E-state index contributed by atoms with van der Waals surface area (Å²) >= 11 is 0. The van der Waals surface area contributed by atoms with E-state index in [2.05, 4.69) is 6.58 Å². The highest BCUT2D eigenvalue weighted by molar-refractivity contribution is 7.89. The van der Waals surface area contributed by atoms with Gasteiger partial charge in [0.1, 0.15) is 5.78 Å². The number of rotatable bonds is 6. The number of Topliss-reactive ketones (excluding diaryl/α,β-unsaturated/α-hetero) is 1. The molecule has 1 heterocycles. The minimum atomic E-state index is -3.52. The second-order valence-corrected chi connectivity index (χ2v) is 9.97. The van der Waals surface area contributed by atoms with Crippen molar-refractivity contribution in [1.82, 2.24) is 4.31 Å². The molecule has 1 fully saturated rings. The standard InChI is InChI=1S/C24H29NO3S/c1-17(2)21-8-6-20(7-9-21)16-23(26)22-11-13-25(14-12-22)29(27,28)24-10-5-18(3)15-19(24)4/h5-10,15,22H,1,11-14,16H2,2-4H3. The molecule has 1 aliphatic rings. The van der Waals surface area contributed by atoms with Crippen LogP contribution in [-0.4, -0.2) is 31.6 Å². The summed E-state index contributed by atoms with van der Waals surface area (Å²) in [6.07, 6.45) is 1.55. The van der Waals surface area contributed by atoms with Gasteiger partial charge in [0.25, 0.3) is 0 Å². The highest BCUT2D eigenvalue weighted by Crippen LogP contribution is 2.27. The van der Waals surface area contributed by atoms with Crippen LogP contribution in [0.3, 0.4) is 0 Å². The molecule has 0 bridgehead atoms. The molecule has 4 nitrogen and oxygen atoms in total. The lowest BCUT2D eigenvalue weighted by Crippen LogP contribution is -2.40. The highest BCUT2D eigenvalue weighted by atomic mass is 32.2. The second kappa shape index (κ2) is 8.64. The van der Waals surface area contributed by atoms with Gasteiger partial charge in [-0.1, -0.05) is 54.1 Å². The predicted octanol–water partition coefficient (Wildman–Crippen LogP) is 4.55. The molecule has 0 aromatic heterocycles. The van der Waals surface area contributed by atoms with Crippen LogP contribution in [0.4, 0.5) is 0 Å². The molecule has 0 saturated carbocycles. The average molecular weight is 412 g/mol. The molecule has 0 atom stereocenters. The van der Waals surface area contributed by atoms with Crippen LogP contribution in [0.5, 0.6) is 0 Å². The van der Waals surface area contributed by atoms with Crippen molar-refractivity contribution in [2.24, 2.45) is 5.92 Å². The molecular weight excluding hydrogens is 382 g/mol. The monoisotopic (exact) mass is 411 g/mol. The number of nitrogens with zero attached hydrogens (tertiary/aromatic N) is 1. The molecule has 2 aromatic rings. The van der Waals surface area contributed by atoms with Gasteiger partial charge in [0.05, 0.1) is 4.90 Å². The Morgan fingerprint density at radius 1 is 1.07 bits per heavy atom. The van der Waals surface area contributed by atoms with Crippen LogP contribution in [0.25, 0.3) is 5.57 Å². The van der Waals surface area contributed by atoms with E-state index in [4.69, 9.17) is 0 Å². The summed E-state index contributed by atoms with van der Waals surface area (Å²) in [5, 5.41) is 0. The Morgan fingerprint density at radius 2 is 1.69 bits per heavy atom. The lowest BCUT2D eigenvalue weighted by molar-refractivity contribution is -0.123. The summed E-state index contributed by atoms with van der Waals surface area (Å²) in [5.74, 6) is 0.109. The maximum atomic E-state index is 13.0. The van der Waals surface area contributed by atoms with Gasteiger partial charge in [-0.3, -0.25) is 4.79 Å². The van der Waals surface area contributed by atoms with Crippen LogP contribution < -0.4 is 0 Å². The number of hydrogen-bond acceptors (Lipinski definition) is 3. The quantitative estimate of drug-likeness (QED) is 0.701. The van der Waals surface area contributed by atoms with Crippen molar-refractivity contribution in [2.45, 2.75) is 44.9 Å². The number of carbonyl (C=O) groups excluding carboxylic acids is 1. The molecule has 0 N–H and O–H groups in total. The lowest BCUT2D eigenvalue weighted by Gasteiger charge is -2.31. The summed E-state index contributed by atoms with van der Waals surface area (Å²) in [6, 6.07) is 13.3. The van der Waals surface area contributed by atoms with Gasteiger partial charge < -0.3 is 0 Å². The van der Waals surface area contributed by atoms with Crippen molar-refractivity contribution in [3.8, 4) is 0 Å². The van der Waals surface area contributed by atoms with Crippen LogP contribution >= 0.6 is 0 Å². The number of hydrogen-bond donors (Lipinski definition) is 0. The second-order valence-electron chi connectivity index (χ2n) is 8.07. The Bertz CT molecular complexity index is 1010. The number of sulfonamides is 1. The van der Waals surface area contributed by atoms with E-state index in [9.17, 15) is 13.2 Å². The molecule has 0 spiro atoms. The Kier molecular flexibility index (Phi) is 6.39. The van der Waals surface area contributed by atoms with Gasteiger partial charge in [0.2, 0.25) is 10.0 Å². The van der Waals surface area contributed by atoms with Crippen LogP contribution in [-0.2, 0) is 21.2 Å². The molecule has 0 radical (unpaired) electrons. The van der Waals surface area contributed by atoms with E-state index in [1.54, 1.807) is 6.07 Å². The Hall–Kier alpha value is -2.24. The van der Waals surface area contributed by atoms with Gasteiger partial charge in [-0.2, -0.15) is 4.31 Å². The van der Waals surface area contributed by atoms with Crippen molar-refractivity contribution < 1.29 is 13.2 Å². The van der Waals surface area contributed by atoms with E-state index in [0.29, 0.717) is 37.2 Å². The van der Waals surface area contributed by atoms with Crippen LogP contribution in [0.15, 0.2) is 53.9 Å². The first-order valence-electron chi connectivity index (χ1n) is 10.0. The zero-order valence-electron chi connectivity index (χ0n) is 17.4. The molecule has 1 aliphatic heterocycles. The normalized spacial score (nSPS) is 16.0. The maximum absolute atomic E-state index is 13.0. The van der Waals surface area contributed by atoms with Gasteiger partial charge >= 0.3 is 0 Å². The van der Waals surface area contributed by atoms with E-state index in [-0.39, 0.29) is 11.7 Å². The fraction of sp³-hybridized carbons (Fsp3) is 0.375. The van der Waals surface area contributed by atoms with Crippen molar-refractivity contribution >= 4 is 21.4 Å². The third-order valence-corrected chi connectivity index (χ3v) is 7.74. The van der Waals surface area contributed by atoms with E-state index < -0.39 is 10.0 Å². The fourth-order valence-corrected chi connectivity index (χ4v) is 5.57. The van der Waals surface area contributed by atoms with E-state index >= 15 is 0 Å². The molecule has 0 amide bonds. The van der Waals surface area contributed by atoms with Gasteiger partial charge in [-0.25, -0.2) is 8.42 Å².